The minimum absolute atomic E-state index is 0.132. The number of benzene rings is 1. The van der Waals surface area contributed by atoms with Crippen molar-refractivity contribution in [2.24, 2.45) is 11.8 Å². The quantitative estimate of drug-likeness (QED) is 0.552. The zero-order valence-electron chi connectivity index (χ0n) is 17.4. The molecule has 1 aliphatic heterocycles. The maximum absolute atomic E-state index is 12.9. The third-order valence-corrected chi connectivity index (χ3v) is 6.16. The molecule has 7 nitrogen and oxygen atoms in total. The van der Waals surface area contributed by atoms with Gasteiger partial charge in [-0.2, -0.15) is 0 Å². The van der Waals surface area contributed by atoms with Gasteiger partial charge in [0.1, 0.15) is 5.75 Å². The fourth-order valence-corrected chi connectivity index (χ4v) is 4.89. The molecule has 8 heteroatoms. The van der Waals surface area contributed by atoms with Crippen molar-refractivity contribution in [2.45, 2.75) is 25.4 Å². The largest absolute Gasteiger partial charge is 0.495 e. The van der Waals surface area contributed by atoms with Crippen molar-refractivity contribution >= 4 is 17.7 Å². The van der Waals surface area contributed by atoms with Crippen LogP contribution in [0.4, 0.5) is 0 Å². The Morgan fingerprint density at radius 1 is 1.17 bits per heavy atom. The standard InChI is InChI=1S/C22H26N4O3S/c1-15-11-16(2)13-25(12-15)20(27)14-30-22-24-23-21(19-9-6-10-29-19)26(22)17-7-4-5-8-18(17)28-3/h4-10,15-16H,11-14H2,1-3H3. The second-order valence-corrected chi connectivity index (χ2v) is 8.77. The molecule has 4 rings (SSSR count). The molecule has 2 aromatic heterocycles. The summed E-state index contributed by atoms with van der Waals surface area (Å²) < 4.78 is 13.0. The molecule has 2 atom stereocenters. The summed E-state index contributed by atoms with van der Waals surface area (Å²) in [5.74, 6) is 3.37. The van der Waals surface area contributed by atoms with Crippen LogP contribution in [0, 0.1) is 11.8 Å². The van der Waals surface area contributed by atoms with Crippen LogP contribution in [0.15, 0.2) is 52.2 Å². The van der Waals surface area contributed by atoms with E-state index < -0.39 is 0 Å². The van der Waals surface area contributed by atoms with Crippen molar-refractivity contribution in [3.8, 4) is 23.0 Å². The van der Waals surface area contributed by atoms with Gasteiger partial charge in [-0.3, -0.25) is 9.36 Å². The number of carbonyl (C=O) groups excluding carboxylic acids is 1. The molecule has 1 saturated heterocycles. The van der Waals surface area contributed by atoms with Crippen molar-refractivity contribution < 1.29 is 13.9 Å². The lowest BCUT2D eigenvalue weighted by Gasteiger charge is -2.34. The highest BCUT2D eigenvalue weighted by atomic mass is 32.2. The molecule has 30 heavy (non-hydrogen) atoms. The third-order valence-electron chi connectivity index (χ3n) is 5.25. The molecular formula is C22H26N4O3S. The van der Waals surface area contributed by atoms with Crippen molar-refractivity contribution in [3.05, 3.63) is 42.7 Å². The molecule has 1 amide bonds. The second-order valence-electron chi connectivity index (χ2n) is 7.82. The van der Waals surface area contributed by atoms with Crippen molar-refractivity contribution in [1.82, 2.24) is 19.7 Å². The molecule has 3 aromatic rings. The van der Waals surface area contributed by atoms with E-state index in [9.17, 15) is 4.79 Å². The van der Waals surface area contributed by atoms with Gasteiger partial charge in [-0.15, -0.1) is 10.2 Å². The number of hydrogen-bond acceptors (Lipinski definition) is 6. The fraction of sp³-hybridized carbons (Fsp3) is 0.409. The number of hydrogen-bond donors (Lipinski definition) is 0. The summed E-state index contributed by atoms with van der Waals surface area (Å²) in [4.78, 5) is 14.8. The van der Waals surface area contributed by atoms with Crippen molar-refractivity contribution in [1.29, 1.82) is 0 Å². The molecule has 0 bridgehead atoms. The van der Waals surface area contributed by atoms with Crippen molar-refractivity contribution in [3.63, 3.8) is 0 Å². The smallest absolute Gasteiger partial charge is 0.233 e. The summed E-state index contributed by atoms with van der Waals surface area (Å²) in [6.07, 6.45) is 2.77. The van der Waals surface area contributed by atoms with E-state index in [0.717, 1.165) is 18.8 Å². The molecule has 0 spiro atoms. The molecule has 0 N–H and O–H groups in total. The Kier molecular flexibility index (Phi) is 6.13. The lowest BCUT2D eigenvalue weighted by molar-refractivity contribution is -0.130. The van der Waals surface area contributed by atoms with E-state index in [2.05, 4.69) is 24.0 Å². The number of para-hydroxylation sites is 2. The molecule has 1 aliphatic rings. The molecule has 0 saturated carbocycles. The van der Waals surface area contributed by atoms with Gasteiger partial charge >= 0.3 is 0 Å². The van der Waals surface area contributed by atoms with E-state index in [0.29, 0.717) is 40.1 Å². The van der Waals surface area contributed by atoms with Crippen LogP contribution in [0.3, 0.4) is 0 Å². The van der Waals surface area contributed by atoms with Gasteiger partial charge in [0.25, 0.3) is 0 Å². The predicted octanol–water partition coefficient (Wildman–Crippen LogP) is 4.13. The Morgan fingerprint density at radius 2 is 1.93 bits per heavy atom. The van der Waals surface area contributed by atoms with Crippen LogP contribution in [0.25, 0.3) is 17.3 Å². The van der Waals surface area contributed by atoms with Gasteiger partial charge in [0.05, 0.1) is 24.8 Å². The number of nitrogens with zero attached hydrogens (tertiary/aromatic N) is 4. The van der Waals surface area contributed by atoms with Crippen LogP contribution in [0.2, 0.25) is 0 Å². The average Bonchev–Trinajstić information content (AvgIpc) is 3.40. The van der Waals surface area contributed by atoms with E-state index >= 15 is 0 Å². The summed E-state index contributed by atoms with van der Waals surface area (Å²) in [6.45, 7) is 6.05. The summed E-state index contributed by atoms with van der Waals surface area (Å²) in [6, 6.07) is 11.3. The Labute approximate surface area is 180 Å². The van der Waals surface area contributed by atoms with Gasteiger partial charge in [0.15, 0.2) is 10.9 Å². The first kappa shape index (κ1) is 20.5. The van der Waals surface area contributed by atoms with E-state index in [1.54, 1.807) is 13.4 Å². The van der Waals surface area contributed by atoms with Crippen molar-refractivity contribution in [2.75, 3.05) is 26.0 Å². The topological polar surface area (TPSA) is 73.4 Å². The van der Waals surface area contributed by atoms with E-state index in [1.165, 1.54) is 18.2 Å². The van der Waals surface area contributed by atoms with Gasteiger partial charge in [0, 0.05) is 13.1 Å². The summed E-state index contributed by atoms with van der Waals surface area (Å²) in [5, 5.41) is 9.33. The number of methoxy groups -OCH3 is 1. The normalized spacial score (nSPS) is 19.1. The molecule has 0 radical (unpaired) electrons. The monoisotopic (exact) mass is 426 g/mol. The molecule has 3 heterocycles. The fourth-order valence-electron chi connectivity index (χ4n) is 4.04. The lowest BCUT2D eigenvalue weighted by Crippen LogP contribution is -2.43. The Bertz CT molecular complexity index is 992. The Balaban J connectivity index is 1.61. The van der Waals surface area contributed by atoms with Crippen LogP contribution in [0.1, 0.15) is 20.3 Å². The number of piperidine rings is 1. The van der Waals surface area contributed by atoms with Gasteiger partial charge in [0.2, 0.25) is 11.7 Å². The Morgan fingerprint density at radius 3 is 2.63 bits per heavy atom. The number of carbonyl (C=O) groups is 1. The molecule has 158 valence electrons. The molecular weight excluding hydrogens is 400 g/mol. The van der Waals surface area contributed by atoms with Gasteiger partial charge in [-0.1, -0.05) is 37.7 Å². The Hall–Kier alpha value is -2.74. The zero-order chi connectivity index (χ0) is 21.1. The summed E-state index contributed by atoms with van der Waals surface area (Å²) in [5.41, 5.74) is 0.798. The number of likely N-dealkylation sites (tertiary alicyclic amines) is 1. The third kappa shape index (κ3) is 4.23. The lowest BCUT2D eigenvalue weighted by atomic mass is 9.92. The molecule has 1 aromatic carbocycles. The van der Waals surface area contributed by atoms with Crippen LogP contribution in [0.5, 0.6) is 5.75 Å². The van der Waals surface area contributed by atoms with E-state index in [-0.39, 0.29) is 5.91 Å². The zero-order valence-corrected chi connectivity index (χ0v) is 18.3. The first-order valence-corrected chi connectivity index (χ1v) is 11.1. The molecule has 0 aliphatic carbocycles. The molecule has 2 unspecified atom stereocenters. The first-order valence-electron chi connectivity index (χ1n) is 10.1. The number of aromatic nitrogens is 3. The van der Waals surface area contributed by atoms with Crippen LogP contribution in [-0.4, -0.2) is 51.5 Å². The van der Waals surface area contributed by atoms with Crippen LogP contribution >= 0.6 is 11.8 Å². The van der Waals surface area contributed by atoms with Crippen LogP contribution < -0.4 is 4.74 Å². The predicted molar refractivity (Wildman–Crippen MR) is 116 cm³/mol. The SMILES string of the molecule is COc1ccccc1-n1c(SCC(=O)N2CC(C)CC(C)C2)nnc1-c1ccco1. The van der Waals surface area contributed by atoms with Crippen LogP contribution in [-0.2, 0) is 4.79 Å². The number of thioether (sulfide) groups is 1. The first-order chi connectivity index (χ1) is 14.6. The van der Waals surface area contributed by atoms with E-state index in [4.69, 9.17) is 9.15 Å². The average molecular weight is 427 g/mol. The second kappa shape index (κ2) is 8.95. The highest BCUT2D eigenvalue weighted by Crippen LogP contribution is 2.33. The maximum Gasteiger partial charge on any atom is 0.233 e. The number of amides is 1. The number of ether oxygens (including phenoxy) is 1. The number of furan rings is 1. The minimum atomic E-state index is 0.132. The maximum atomic E-state index is 12.9. The highest BCUT2D eigenvalue weighted by molar-refractivity contribution is 7.99. The minimum Gasteiger partial charge on any atom is -0.495 e. The van der Waals surface area contributed by atoms with Gasteiger partial charge in [-0.25, -0.2) is 0 Å². The summed E-state index contributed by atoms with van der Waals surface area (Å²) in [7, 11) is 1.63. The van der Waals surface area contributed by atoms with Gasteiger partial charge < -0.3 is 14.1 Å². The van der Waals surface area contributed by atoms with E-state index in [1.807, 2.05) is 45.9 Å². The molecule has 1 fully saturated rings. The summed E-state index contributed by atoms with van der Waals surface area (Å²) >= 11 is 1.38. The van der Waals surface area contributed by atoms with Gasteiger partial charge in [-0.05, 0) is 42.5 Å². The number of rotatable bonds is 6. The highest BCUT2D eigenvalue weighted by Gasteiger charge is 2.26.